The average Bonchev–Trinajstić information content (AvgIpc) is 3.38. The van der Waals surface area contributed by atoms with Crippen LogP contribution in [0.5, 0.6) is 0 Å². The van der Waals surface area contributed by atoms with E-state index in [2.05, 4.69) is 10.3 Å². The summed E-state index contributed by atoms with van der Waals surface area (Å²) in [6.07, 6.45) is 4.58. The number of rotatable bonds is 4. The molecule has 162 valence electrons. The smallest absolute Gasteiger partial charge is 0.414 e. The van der Waals surface area contributed by atoms with Gasteiger partial charge in [0.2, 0.25) is 5.91 Å². The van der Waals surface area contributed by atoms with Crippen LogP contribution in [0, 0.1) is 0 Å². The van der Waals surface area contributed by atoms with Crippen molar-refractivity contribution < 1.29 is 18.8 Å². The molecule has 0 unspecified atom stereocenters. The molecule has 1 aliphatic rings. The average molecular weight is 423 g/mol. The van der Waals surface area contributed by atoms with Crippen molar-refractivity contribution in [1.29, 1.82) is 0 Å². The molecule has 0 bridgehead atoms. The van der Waals surface area contributed by atoms with Crippen LogP contribution in [0.3, 0.4) is 0 Å². The number of nitrogens with zero attached hydrogens (tertiary/aromatic N) is 5. The van der Waals surface area contributed by atoms with Gasteiger partial charge in [-0.3, -0.25) is 14.4 Å². The molecule has 31 heavy (non-hydrogen) atoms. The number of carbonyl (C=O) groups excluding carboxylic acids is 2. The zero-order chi connectivity index (χ0) is 22.1. The molecule has 0 N–H and O–H groups in total. The third-order valence-electron chi connectivity index (χ3n) is 5.09. The van der Waals surface area contributed by atoms with E-state index in [-0.39, 0.29) is 18.1 Å². The Hall–Kier alpha value is -3.62. The van der Waals surface area contributed by atoms with Gasteiger partial charge in [-0.15, -0.1) is 0 Å². The predicted octanol–water partition coefficient (Wildman–Crippen LogP) is 3.69. The van der Waals surface area contributed by atoms with Gasteiger partial charge in [-0.05, 0) is 38.5 Å². The van der Waals surface area contributed by atoms with Gasteiger partial charge in [-0.25, -0.2) is 4.79 Å². The van der Waals surface area contributed by atoms with Crippen LogP contribution in [-0.4, -0.2) is 45.6 Å². The van der Waals surface area contributed by atoms with Crippen LogP contribution in [0.25, 0.3) is 11.1 Å². The summed E-state index contributed by atoms with van der Waals surface area (Å²) in [6.45, 7) is 7.89. The van der Waals surface area contributed by atoms with E-state index >= 15 is 0 Å². The molecular weight excluding hydrogens is 398 g/mol. The Morgan fingerprint density at radius 3 is 2.71 bits per heavy atom. The molecule has 4 rings (SSSR count). The second kappa shape index (κ2) is 8.25. The maximum absolute atomic E-state index is 12.8. The Morgan fingerprint density at radius 2 is 2.03 bits per heavy atom. The lowest BCUT2D eigenvalue weighted by molar-refractivity contribution is -0.117. The molecule has 1 atom stereocenters. The monoisotopic (exact) mass is 423 g/mol. The van der Waals surface area contributed by atoms with E-state index < -0.39 is 6.09 Å². The van der Waals surface area contributed by atoms with E-state index in [1.807, 2.05) is 45.2 Å². The summed E-state index contributed by atoms with van der Waals surface area (Å²) in [5.41, 5.74) is 3.08. The molecule has 0 spiro atoms. The van der Waals surface area contributed by atoms with E-state index in [0.717, 1.165) is 11.1 Å². The minimum atomic E-state index is -0.426. The van der Waals surface area contributed by atoms with Crippen molar-refractivity contribution in [3.05, 3.63) is 48.6 Å². The van der Waals surface area contributed by atoms with E-state index in [9.17, 15) is 9.59 Å². The van der Waals surface area contributed by atoms with Crippen molar-refractivity contribution in [3.8, 4) is 11.1 Å². The van der Waals surface area contributed by atoms with Crippen molar-refractivity contribution in [2.75, 3.05) is 16.3 Å². The van der Waals surface area contributed by atoms with E-state index in [1.54, 1.807) is 32.9 Å². The van der Waals surface area contributed by atoms with Crippen LogP contribution in [0.2, 0.25) is 0 Å². The second-order valence-corrected chi connectivity index (χ2v) is 7.89. The number of amides is 2. The minimum absolute atomic E-state index is 0.0711. The topological polar surface area (TPSA) is 93.7 Å². The van der Waals surface area contributed by atoms with Crippen LogP contribution in [-0.2, 0) is 16.1 Å². The van der Waals surface area contributed by atoms with E-state index in [1.165, 1.54) is 6.92 Å². The van der Waals surface area contributed by atoms with Gasteiger partial charge in [0.05, 0.1) is 35.9 Å². The molecule has 2 amide bonds. The lowest BCUT2D eigenvalue weighted by Crippen LogP contribution is -2.51. The summed E-state index contributed by atoms with van der Waals surface area (Å²) < 4.78 is 12.3. The van der Waals surface area contributed by atoms with Gasteiger partial charge in [0.1, 0.15) is 6.54 Å². The fourth-order valence-corrected chi connectivity index (χ4v) is 3.81. The number of ether oxygens (including phenoxy) is 1. The number of fused-ring (bicyclic) bond motifs is 1. The predicted molar refractivity (Wildman–Crippen MR) is 115 cm³/mol. The molecule has 0 saturated carbocycles. The number of benzene rings is 1. The van der Waals surface area contributed by atoms with Crippen molar-refractivity contribution in [3.63, 3.8) is 0 Å². The van der Waals surface area contributed by atoms with Crippen molar-refractivity contribution >= 4 is 23.4 Å². The first-order chi connectivity index (χ1) is 14.8. The summed E-state index contributed by atoms with van der Waals surface area (Å²) in [5, 5.41) is 8.09. The molecule has 3 heterocycles. The second-order valence-electron chi connectivity index (χ2n) is 7.89. The van der Waals surface area contributed by atoms with Gasteiger partial charge in [0.25, 0.3) is 0 Å². The Morgan fingerprint density at radius 1 is 1.23 bits per heavy atom. The third kappa shape index (κ3) is 4.16. The third-order valence-corrected chi connectivity index (χ3v) is 5.09. The quantitative estimate of drug-likeness (QED) is 0.635. The normalized spacial score (nSPS) is 15.8. The number of aromatic nitrogens is 3. The highest BCUT2D eigenvalue weighted by molar-refractivity contribution is 6.03. The first-order valence-electron chi connectivity index (χ1n) is 10.2. The lowest BCUT2D eigenvalue weighted by Gasteiger charge is -2.40. The molecule has 0 aliphatic carbocycles. The largest absolute Gasteiger partial charge is 0.446 e. The Kier molecular flexibility index (Phi) is 5.50. The molecule has 0 saturated heterocycles. The number of anilines is 2. The van der Waals surface area contributed by atoms with Crippen LogP contribution in [0.15, 0.2) is 47.4 Å². The Labute approximate surface area is 180 Å². The fourth-order valence-electron chi connectivity index (χ4n) is 3.81. The zero-order valence-electron chi connectivity index (χ0n) is 18.0. The molecule has 3 aromatic rings. The van der Waals surface area contributed by atoms with Crippen LogP contribution >= 0.6 is 0 Å². The fraction of sp³-hybridized carbons (Fsp3) is 0.364. The molecular formula is C22H25N5O4. The van der Waals surface area contributed by atoms with Gasteiger partial charge in [0.15, 0.2) is 5.76 Å². The maximum atomic E-state index is 12.8. The highest BCUT2D eigenvalue weighted by atomic mass is 16.6. The highest BCUT2D eigenvalue weighted by Crippen LogP contribution is 2.39. The van der Waals surface area contributed by atoms with Crippen molar-refractivity contribution in [2.45, 2.75) is 46.4 Å². The molecule has 0 radical (unpaired) electrons. The summed E-state index contributed by atoms with van der Waals surface area (Å²) in [7, 11) is 0. The standard InChI is InChI=1S/C22H25N5O4/c1-14(2)30-22(29)26-11-15(3)27(16(4)28)20-6-5-17(9-21(20)26)18-10-23-25(12-18)13-19-7-8-24-31-19/h5-10,12,14-15H,11,13H2,1-4H3/t15-/m0/s1. The van der Waals surface area contributed by atoms with Crippen LogP contribution < -0.4 is 9.80 Å². The van der Waals surface area contributed by atoms with E-state index in [4.69, 9.17) is 9.26 Å². The lowest BCUT2D eigenvalue weighted by atomic mass is 10.0. The SMILES string of the molecule is CC(=O)N1c2ccc(-c3cnn(Cc4ccno4)c3)cc2N(C(=O)OC(C)C)C[C@@H]1C. The summed E-state index contributed by atoms with van der Waals surface area (Å²) in [6, 6.07) is 7.31. The minimum Gasteiger partial charge on any atom is -0.446 e. The zero-order valence-corrected chi connectivity index (χ0v) is 18.0. The van der Waals surface area contributed by atoms with Gasteiger partial charge < -0.3 is 14.2 Å². The Bertz CT molecular complexity index is 1090. The summed E-state index contributed by atoms with van der Waals surface area (Å²) in [5.74, 6) is 0.632. The molecule has 2 aromatic heterocycles. The number of carbonyl (C=O) groups is 2. The van der Waals surface area contributed by atoms with Gasteiger partial charge >= 0.3 is 6.09 Å². The first-order valence-corrected chi connectivity index (χ1v) is 10.2. The number of hydrogen-bond acceptors (Lipinski definition) is 6. The van der Waals surface area contributed by atoms with Crippen molar-refractivity contribution in [2.24, 2.45) is 0 Å². The van der Waals surface area contributed by atoms with Gasteiger partial charge in [-0.2, -0.15) is 5.10 Å². The summed E-state index contributed by atoms with van der Waals surface area (Å²) in [4.78, 5) is 28.4. The highest BCUT2D eigenvalue weighted by Gasteiger charge is 2.34. The molecule has 0 fully saturated rings. The van der Waals surface area contributed by atoms with Gasteiger partial charge in [0, 0.05) is 31.3 Å². The Balaban J connectivity index is 1.70. The molecule has 9 nitrogen and oxygen atoms in total. The molecule has 1 aliphatic heterocycles. The van der Waals surface area contributed by atoms with Crippen LogP contribution in [0.1, 0.15) is 33.5 Å². The van der Waals surface area contributed by atoms with Crippen LogP contribution in [0.4, 0.5) is 16.2 Å². The molecule has 9 heteroatoms. The molecule has 1 aromatic carbocycles. The first kappa shape index (κ1) is 20.6. The maximum Gasteiger partial charge on any atom is 0.414 e. The van der Waals surface area contributed by atoms with Crippen molar-refractivity contribution in [1.82, 2.24) is 14.9 Å². The summed E-state index contributed by atoms with van der Waals surface area (Å²) >= 11 is 0. The number of hydrogen-bond donors (Lipinski definition) is 0. The van der Waals surface area contributed by atoms with Gasteiger partial charge in [-0.1, -0.05) is 11.2 Å². The van der Waals surface area contributed by atoms with E-state index in [0.29, 0.717) is 30.2 Å².